The molecule has 6 nitrogen and oxygen atoms in total. The van der Waals surface area contributed by atoms with Gasteiger partial charge in [-0.15, -0.1) is 0 Å². The van der Waals surface area contributed by atoms with Gasteiger partial charge in [0, 0.05) is 18.7 Å². The van der Waals surface area contributed by atoms with Crippen molar-refractivity contribution in [3.05, 3.63) is 35.4 Å². The number of rotatable bonds is 3. The summed E-state index contributed by atoms with van der Waals surface area (Å²) in [6.07, 6.45) is 1.98. The van der Waals surface area contributed by atoms with Crippen LogP contribution in [0.25, 0.3) is 0 Å². The minimum Gasteiger partial charge on any atom is -0.339 e. The number of nitrogens with zero attached hydrogens (tertiary/aromatic N) is 1. The van der Waals surface area contributed by atoms with E-state index in [4.69, 9.17) is 0 Å². The van der Waals surface area contributed by atoms with Gasteiger partial charge in [0.25, 0.3) is 11.8 Å². The van der Waals surface area contributed by atoms with Crippen LogP contribution in [0.2, 0.25) is 0 Å². The van der Waals surface area contributed by atoms with E-state index < -0.39 is 17.5 Å². The lowest BCUT2D eigenvalue weighted by Crippen LogP contribution is -2.44. The molecule has 1 atom stereocenters. The second kappa shape index (κ2) is 6.41. The van der Waals surface area contributed by atoms with Crippen LogP contribution < -0.4 is 10.6 Å². The van der Waals surface area contributed by atoms with Crippen LogP contribution in [0.4, 0.5) is 4.79 Å². The highest BCUT2D eigenvalue weighted by molar-refractivity contribution is 6.07. The Morgan fingerprint density at radius 3 is 2.35 bits per heavy atom. The maximum atomic E-state index is 12.9. The molecule has 2 aliphatic rings. The first kappa shape index (κ1) is 18.4. The Morgan fingerprint density at radius 2 is 1.81 bits per heavy atom. The molecule has 0 aliphatic carbocycles. The van der Waals surface area contributed by atoms with Gasteiger partial charge < -0.3 is 10.2 Å². The first-order valence-corrected chi connectivity index (χ1v) is 9.19. The van der Waals surface area contributed by atoms with Crippen molar-refractivity contribution in [2.45, 2.75) is 46.1 Å². The zero-order valence-corrected chi connectivity index (χ0v) is 15.9. The van der Waals surface area contributed by atoms with Crippen molar-refractivity contribution in [2.24, 2.45) is 11.3 Å². The number of carbonyl (C=O) groups is 3. The Labute approximate surface area is 154 Å². The van der Waals surface area contributed by atoms with Crippen molar-refractivity contribution in [1.29, 1.82) is 0 Å². The first-order chi connectivity index (χ1) is 12.2. The van der Waals surface area contributed by atoms with Crippen molar-refractivity contribution >= 4 is 17.8 Å². The average Bonchev–Trinajstić information content (AvgIpc) is 2.88. The Balaban J connectivity index is 1.78. The fraction of sp³-hybridized carbons (Fsp3) is 0.550. The normalized spacial score (nSPS) is 25.2. The molecule has 140 valence electrons. The van der Waals surface area contributed by atoms with E-state index in [1.165, 1.54) is 0 Å². The summed E-state index contributed by atoms with van der Waals surface area (Å²) < 4.78 is 0. The summed E-state index contributed by atoms with van der Waals surface area (Å²) in [5, 5.41) is 4.89. The van der Waals surface area contributed by atoms with Gasteiger partial charge in [-0.1, -0.05) is 32.9 Å². The van der Waals surface area contributed by atoms with Gasteiger partial charge in [0.15, 0.2) is 0 Å². The number of carbonyl (C=O) groups excluding carboxylic acids is 3. The number of benzene rings is 1. The van der Waals surface area contributed by atoms with Crippen molar-refractivity contribution in [2.75, 3.05) is 13.1 Å². The maximum Gasteiger partial charge on any atom is 0.322 e. The van der Waals surface area contributed by atoms with Gasteiger partial charge >= 0.3 is 6.03 Å². The highest BCUT2D eigenvalue weighted by atomic mass is 16.2. The van der Waals surface area contributed by atoms with Crippen LogP contribution in [-0.2, 0) is 10.3 Å². The second-order valence-electron chi connectivity index (χ2n) is 8.21. The third-order valence-corrected chi connectivity index (χ3v) is 6.32. The molecule has 1 aromatic carbocycles. The fourth-order valence-electron chi connectivity index (χ4n) is 3.69. The quantitative estimate of drug-likeness (QED) is 0.816. The Hall–Kier alpha value is -2.37. The molecule has 0 radical (unpaired) electrons. The lowest BCUT2D eigenvalue weighted by atomic mass is 9.72. The van der Waals surface area contributed by atoms with Crippen molar-refractivity contribution in [1.82, 2.24) is 15.5 Å². The first-order valence-electron chi connectivity index (χ1n) is 9.19. The molecule has 0 saturated carbocycles. The van der Waals surface area contributed by atoms with E-state index in [-0.39, 0.29) is 11.3 Å². The number of amides is 4. The predicted octanol–water partition coefficient (Wildman–Crippen LogP) is 2.64. The molecular weight excluding hydrogens is 330 g/mol. The topological polar surface area (TPSA) is 78.5 Å². The molecule has 0 spiro atoms. The number of urea groups is 1. The summed E-state index contributed by atoms with van der Waals surface area (Å²) in [6.45, 7) is 9.90. The molecule has 0 bridgehead atoms. The van der Waals surface area contributed by atoms with E-state index in [0.29, 0.717) is 17.0 Å². The lowest BCUT2D eigenvalue weighted by molar-refractivity contribution is -0.123. The molecule has 2 saturated heterocycles. The second-order valence-corrected chi connectivity index (χ2v) is 8.21. The standard InChI is InChI=1S/C20H27N3O3/c1-13(2)19(3)8-10-23(11-9-19)16(24)14-6-5-7-15(12-14)20(4)17(25)21-18(26)22-20/h5-7,12-13H,8-11H2,1-4H3,(H2,21,22,25,26). The summed E-state index contributed by atoms with van der Waals surface area (Å²) in [4.78, 5) is 38.5. The zero-order chi connectivity index (χ0) is 19.1. The van der Waals surface area contributed by atoms with Gasteiger partial charge in [0.1, 0.15) is 5.54 Å². The minimum absolute atomic E-state index is 0.0222. The molecule has 3 rings (SSSR count). The van der Waals surface area contributed by atoms with Crippen molar-refractivity contribution < 1.29 is 14.4 Å². The predicted molar refractivity (Wildman–Crippen MR) is 98.6 cm³/mol. The van der Waals surface area contributed by atoms with Crippen molar-refractivity contribution in [3.63, 3.8) is 0 Å². The molecule has 2 fully saturated rings. The molecule has 4 amide bonds. The van der Waals surface area contributed by atoms with Gasteiger partial charge in [-0.2, -0.15) is 0 Å². The number of likely N-dealkylation sites (tertiary alicyclic amines) is 1. The van der Waals surface area contributed by atoms with Gasteiger partial charge in [-0.05, 0) is 48.8 Å². The van der Waals surface area contributed by atoms with E-state index in [9.17, 15) is 14.4 Å². The minimum atomic E-state index is -1.15. The SMILES string of the molecule is CC(C)C1(C)CCN(C(=O)c2cccc(C3(C)NC(=O)NC3=O)c2)CC1. The van der Waals surface area contributed by atoms with Gasteiger partial charge in [-0.3, -0.25) is 14.9 Å². The third-order valence-electron chi connectivity index (χ3n) is 6.32. The van der Waals surface area contributed by atoms with E-state index in [1.54, 1.807) is 31.2 Å². The molecule has 2 aliphatic heterocycles. The highest BCUT2D eigenvalue weighted by Crippen LogP contribution is 2.38. The van der Waals surface area contributed by atoms with Crippen LogP contribution >= 0.6 is 0 Å². The van der Waals surface area contributed by atoms with Gasteiger partial charge in [-0.25, -0.2) is 4.79 Å². The lowest BCUT2D eigenvalue weighted by Gasteiger charge is -2.42. The van der Waals surface area contributed by atoms with Gasteiger partial charge in [0.05, 0.1) is 0 Å². The number of piperidine rings is 1. The Bertz CT molecular complexity index is 750. The van der Waals surface area contributed by atoms with Gasteiger partial charge in [0.2, 0.25) is 0 Å². The van der Waals surface area contributed by atoms with Crippen LogP contribution in [0.15, 0.2) is 24.3 Å². The maximum absolute atomic E-state index is 12.9. The van der Waals surface area contributed by atoms with Crippen LogP contribution in [0.1, 0.15) is 56.5 Å². The van der Waals surface area contributed by atoms with Crippen molar-refractivity contribution in [3.8, 4) is 0 Å². The number of hydrogen-bond donors (Lipinski definition) is 2. The fourth-order valence-corrected chi connectivity index (χ4v) is 3.69. The monoisotopic (exact) mass is 357 g/mol. The van der Waals surface area contributed by atoms with E-state index in [2.05, 4.69) is 31.4 Å². The molecule has 2 N–H and O–H groups in total. The van der Waals surface area contributed by atoms with Crippen LogP contribution in [0.5, 0.6) is 0 Å². The molecule has 6 heteroatoms. The number of nitrogens with one attached hydrogen (secondary N) is 2. The van der Waals surface area contributed by atoms with E-state index in [1.807, 2.05) is 4.90 Å². The average molecular weight is 357 g/mol. The molecule has 1 aromatic rings. The zero-order valence-electron chi connectivity index (χ0n) is 15.9. The molecule has 1 unspecified atom stereocenters. The third kappa shape index (κ3) is 3.08. The van der Waals surface area contributed by atoms with Crippen LogP contribution in [0.3, 0.4) is 0 Å². The van der Waals surface area contributed by atoms with Crippen LogP contribution in [-0.4, -0.2) is 35.8 Å². The Morgan fingerprint density at radius 1 is 1.15 bits per heavy atom. The Kier molecular flexibility index (Phi) is 4.54. The van der Waals surface area contributed by atoms with E-state index >= 15 is 0 Å². The summed E-state index contributed by atoms with van der Waals surface area (Å²) in [6, 6.07) is 6.48. The molecule has 26 heavy (non-hydrogen) atoms. The summed E-state index contributed by atoms with van der Waals surface area (Å²) in [5.41, 5.74) is 0.283. The number of hydrogen-bond acceptors (Lipinski definition) is 3. The molecular formula is C20H27N3O3. The largest absolute Gasteiger partial charge is 0.339 e. The van der Waals surface area contributed by atoms with Crippen LogP contribution in [0, 0.1) is 11.3 Å². The summed E-state index contributed by atoms with van der Waals surface area (Å²) in [5.74, 6) is 0.163. The smallest absolute Gasteiger partial charge is 0.322 e. The summed E-state index contributed by atoms with van der Waals surface area (Å²) in [7, 11) is 0. The number of imide groups is 1. The highest BCUT2D eigenvalue weighted by Gasteiger charge is 2.43. The summed E-state index contributed by atoms with van der Waals surface area (Å²) >= 11 is 0. The molecule has 2 heterocycles. The van der Waals surface area contributed by atoms with E-state index in [0.717, 1.165) is 25.9 Å². The molecule has 0 aromatic heterocycles.